The van der Waals surface area contributed by atoms with E-state index in [1.54, 1.807) is 0 Å². The molecule has 0 spiro atoms. The molecule has 2 unspecified atom stereocenters. The molecule has 0 heterocycles. The first-order valence-corrected chi connectivity index (χ1v) is 27.2. The number of allylic oxidation sites excluding steroid dienone is 6. The maximum Gasteiger partial charge on any atom is 0.305 e. The third kappa shape index (κ3) is 47.6. The van der Waals surface area contributed by atoms with Crippen LogP contribution in [0.15, 0.2) is 36.5 Å². The molecule has 3 N–H and O–H groups in total. The molecule has 0 aliphatic heterocycles. The van der Waals surface area contributed by atoms with Gasteiger partial charge in [0.05, 0.1) is 25.4 Å². The highest BCUT2D eigenvalue weighted by Crippen LogP contribution is 2.16. The second-order valence-electron chi connectivity index (χ2n) is 18.6. The summed E-state index contributed by atoms with van der Waals surface area (Å²) in [6.45, 7) is 4.85. The second kappa shape index (κ2) is 51.7. The first-order chi connectivity index (χ1) is 30.5. The van der Waals surface area contributed by atoms with Gasteiger partial charge >= 0.3 is 5.97 Å². The van der Waals surface area contributed by atoms with Gasteiger partial charge in [-0.05, 0) is 83.5 Å². The number of carbonyl (C=O) groups is 2. The Kier molecular flexibility index (Phi) is 50.1. The SMILES string of the molecule is CCCCC/C=C\C/C=C\CCCCCCCC(=O)OCCCC/C=C\CCCCCCCC(=O)NC(CO)C(O)CCCCCCCCCCCCCCCCCCCCC. The van der Waals surface area contributed by atoms with Gasteiger partial charge in [0.1, 0.15) is 0 Å². The van der Waals surface area contributed by atoms with Gasteiger partial charge in [-0.1, -0.05) is 224 Å². The number of hydrogen-bond donors (Lipinski definition) is 3. The van der Waals surface area contributed by atoms with E-state index in [9.17, 15) is 19.8 Å². The number of rotatable bonds is 50. The van der Waals surface area contributed by atoms with E-state index in [0.717, 1.165) is 96.3 Å². The Bertz CT molecular complexity index is 1010. The molecule has 0 radical (unpaired) electrons. The summed E-state index contributed by atoms with van der Waals surface area (Å²) in [6, 6.07) is -0.564. The number of hydrogen-bond acceptors (Lipinski definition) is 5. The molecular formula is C56H105NO5. The smallest absolute Gasteiger partial charge is 0.305 e. The van der Waals surface area contributed by atoms with E-state index in [4.69, 9.17) is 4.74 Å². The van der Waals surface area contributed by atoms with E-state index in [-0.39, 0.29) is 18.5 Å². The monoisotopic (exact) mass is 872 g/mol. The predicted octanol–water partition coefficient (Wildman–Crippen LogP) is 16.5. The van der Waals surface area contributed by atoms with E-state index in [2.05, 4.69) is 55.6 Å². The van der Waals surface area contributed by atoms with Gasteiger partial charge in [-0.2, -0.15) is 0 Å². The fourth-order valence-corrected chi connectivity index (χ4v) is 8.19. The Morgan fingerprint density at radius 2 is 0.806 bits per heavy atom. The van der Waals surface area contributed by atoms with Gasteiger partial charge in [-0.25, -0.2) is 0 Å². The van der Waals surface area contributed by atoms with Gasteiger partial charge in [-0.3, -0.25) is 9.59 Å². The quantitative estimate of drug-likeness (QED) is 0.0321. The second-order valence-corrected chi connectivity index (χ2v) is 18.6. The molecule has 6 nitrogen and oxygen atoms in total. The van der Waals surface area contributed by atoms with Crippen LogP contribution in [0.2, 0.25) is 0 Å². The lowest BCUT2D eigenvalue weighted by molar-refractivity contribution is -0.143. The minimum Gasteiger partial charge on any atom is -0.466 e. The van der Waals surface area contributed by atoms with Crippen LogP contribution in [0, 0.1) is 0 Å². The molecule has 1 amide bonds. The normalized spacial score (nSPS) is 12.9. The van der Waals surface area contributed by atoms with Crippen molar-refractivity contribution in [1.82, 2.24) is 5.32 Å². The summed E-state index contributed by atoms with van der Waals surface area (Å²) < 4.78 is 5.43. The van der Waals surface area contributed by atoms with Crippen molar-refractivity contribution in [2.24, 2.45) is 0 Å². The number of nitrogens with one attached hydrogen (secondary N) is 1. The lowest BCUT2D eigenvalue weighted by Crippen LogP contribution is -2.45. The van der Waals surface area contributed by atoms with Crippen LogP contribution in [0.4, 0.5) is 0 Å². The Labute approximate surface area is 385 Å². The zero-order valence-electron chi connectivity index (χ0n) is 41.4. The fourth-order valence-electron chi connectivity index (χ4n) is 8.19. The Morgan fingerprint density at radius 3 is 1.27 bits per heavy atom. The molecule has 0 aromatic rings. The lowest BCUT2D eigenvalue weighted by Gasteiger charge is -2.22. The lowest BCUT2D eigenvalue weighted by atomic mass is 10.0. The van der Waals surface area contributed by atoms with Crippen molar-refractivity contribution in [2.45, 2.75) is 296 Å². The predicted molar refractivity (Wildman–Crippen MR) is 269 cm³/mol. The minimum atomic E-state index is -0.684. The highest BCUT2D eigenvalue weighted by atomic mass is 16.5. The van der Waals surface area contributed by atoms with Crippen molar-refractivity contribution >= 4 is 11.9 Å². The summed E-state index contributed by atoms with van der Waals surface area (Å²) in [4.78, 5) is 24.5. The first kappa shape index (κ1) is 60.1. The molecule has 0 aromatic carbocycles. The van der Waals surface area contributed by atoms with Crippen molar-refractivity contribution in [1.29, 1.82) is 0 Å². The molecule has 0 aliphatic rings. The van der Waals surface area contributed by atoms with Crippen molar-refractivity contribution in [3.8, 4) is 0 Å². The van der Waals surface area contributed by atoms with E-state index in [0.29, 0.717) is 25.9 Å². The summed E-state index contributed by atoms with van der Waals surface area (Å²) >= 11 is 0. The summed E-state index contributed by atoms with van der Waals surface area (Å²) in [6.07, 6.45) is 62.6. The zero-order chi connectivity index (χ0) is 45.1. The average molecular weight is 872 g/mol. The molecule has 62 heavy (non-hydrogen) atoms. The molecule has 0 bridgehead atoms. The number of unbranched alkanes of at least 4 members (excludes halogenated alkanes) is 33. The number of amides is 1. The molecule has 0 saturated heterocycles. The van der Waals surface area contributed by atoms with Crippen LogP contribution < -0.4 is 5.32 Å². The van der Waals surface area contributed by atoms with Gasteiger partial charge in [0.2, 0.25) is 5.91 Å². The third-order valence-electron chi connectivity index (χ3n) is 12.4. The van der Waals surface area contributed by atoms with Crippen molar-refractivity contribution in [3.63, 3.8) is 0 Å². The Morgan fingerprint density at radius 1 is 0.452 bits per heavy atom. The fraction of sp³-hybridized carbons (Fsp3) is 0.857. The van der Waals surface area contributed by atoms with Gasteiger partial charge < -0.3 is 20.3 Å². The summed E-state index contributed by atoms with van der Waals surface area (Å²) in [5.41, 5.74) is 0. The topological polar surface area (TPSA) is 95.9 Å². The van der Waals surface area contributed by atoms with Crippen LogP contribution in [-0.4, -0.2) is 47.4 Å². The van der Waals surface area contributed by atoms with Crippen molar-refractivity contribution in [2.75, 3.05) is 13.2 Å². The largest absolute Gasteiger partial charge is 0.466 e. The van der Waals surface area contributed by atoms with Crippen LogP contribution >= 0.6 is 0 Å². The van der Waals surface area contributed by atoms with Gasteiger partial charge in [0.25, 0.3) is 0 Å². The van der Waals surface area contributed by atoms with Crippen LogP contribution in [0.5, 0.6) is 0 Å². The zero-order valence-corrected chi connectivity index (χ0v) is 41.4. The molecular weight excluding hydrogens is 767 g/mol. The summed E-state index contributed by atoms with van der Waals surface area (Å²) in [5, 5.41) is 23.3. The highest BCUT2D eigenvalue weighted by molar-refractivity contribution is 5.76. The van der Waals surface area contributed by atoms with E-state index < -0.39 is 12.1 Å². The molecule has 0 saturated carbocycles. The maximum absolute atomic E-state index is 12.5. The van der Waals surface area contributed by atoms with E-state index in [1.165, 1.54) is 154 Å². The molecule has 6 heteroatoms. The molecule has 0 rings (SSSR count). The number of carbonyl (C=O) groups excluding carboxylic acids is 2. The summed E-state index contributed by atoms with van der Waals surface area (Å²) in [5.74, 6) is -0.109. The van der Waals surface area contributed by atoms with E-state index >= 15 is 0 Å². The molecule has 2 atom stereocenters. The standard InChI is InChI=1S/C56H105NO5/c1-3-5-7-9-11-13-15-17-19-20-21-22-24-25-28-32-36-40-44-48-54(59)53(52-58)57-55(60)49-45-41-37-33-29-27-31-35-39-43-47-51-62-56(61)50-46-42-38-34-30-26-23-18-16-14-12-10-8-6-4-2/h12,14,18,23,31,35,53-54,58-59H,3-11,13,15-17,19-22,24-30,32-34,36-52H2,1-2H3,(H,57,60)/b14-12-,23-18-,35-31-. The third-order valence-corrected chi connectivity index (χ3v) is 12.4. The molecule has 0 aromatic heterocycles. The number of aliphatic hydroxyl groups excluding tert-OH is 2. The van der Waals surface area contributed by atoms with Crippen LogP contribution in [-0.2, 0) is 14.3 Å². The molecule has 0 fully saturated rings. The Balaban J connectivity index is 3.53. The summed E-state index contributed by atoms with van der Waals surface area (Å²) in [7, 11) is 0. The van der Waals surface area contributed by atoms with Crippen molar-refractivity contribution < 1.29 is 24.5 Å². The number of esters is 1. The number of aliphatic hydroxyl groups is 2. The first-order valence-electron chi connectivity index (χ1n) is 27.2. The minimum absolute atomic E-state index is 0.0451. The van der Waals surface area contributed by atoms with Crippen LogP contribution in [0.3, 0.4) is 0 Å². The van der Waals surface area contributed by atoms with Gasteiger partial charge in [0, 0.05) is 12.8 Å². The highest BCUT2D eigenvalue weighted by Gasteiger charge is 2.20. The van der Waals surface area contributed by atoms with Crippen molar-refractivity contribution in [3.05, 3.63) is 36.5 Å². The molecule has 364 valence electrons. The number of ether oxygens (including phenoxy) is 1. The van der Waals surface area contributed by atoms with Gasteiger partial charge in [0.15, 0.2) is 0 Å². The van der Waals surface area contributed by atoms with Gasteiger partial charge in [-0.15, -0.1) is 0 Å². The Hall–Kier alpha value is -1.92. The van der Waals surface area contributed by atoms with Crippen LogP contribution in [0.1, 0.15) is 284 Å². The average Bonchev–Trinajstić information content (AvgIpc) is 3.27. The van der Waals surface area contributed by atoms with Crippen LogP contribution in [0.25, 0.3) is 0 Å². The molecule has 0 aliphatic carbocycles. The van der Waals surface area contributed by atoms with E-state index in [1.807, 2.05) is 0 Å². The maximum atomic E-state index is 12.5.